The van der Waals surface area contributed by atoms with E-state index in [1.807, 2.05) is 23.1 Å². The van der Waals surface area contributed by atoms with Crippen LogP contribution in [0, 0.1) is 0 Å². The fourth-order valence-corrected chi connectivity index (χ4v) is 2.12. The van der Waals surface area contributed by atoms with Gasteiger partial charge in [-0.3, -0.25) is 4.99 Å². The molecule has 0 aliphatic heterocycles. The van der Waals surface area contributed by atoms with Crippen molar-refractivity contribution in [3.8, 4) is 0 Å². The molecule has 0 atom stereocenters. The lowest BCUT2D eigenvalue weighted by molar-refractivity contribution is 0.451. The van der Waals surface area contributed by atoms with Gasteiger partial charge >= 0.3 is 0 Å². The summed E-state index contributed by atoms with van der Waals surface area (Å²) in [6, 6.07) is 7.92. The van der Waals surface area contributed by atoms with Gasteiger partial charge in [0.05, 0.1) is 6.54 Å². The average molecular weight is 410 g/mol. The van der Waals surface area contributed by atoms with Gasteiger partial charge in [0, 0.05) is 23.5 Å². The Morgan fingerprint density at radius 1 is 1.30 bits per heavy atom. The van der Waals surface area contributed by atoms with Gasteiger partial charge in [-0.25, -0.2) is 0 Å². The summed E-state index contributed by atoms with van der Waals surface area (Å²) in [5, 5.41) is 0.756. The van der Waals surface area contributed by atoms with E-state index in [0.29, 0.717) is 12.5 Å². The molecule has 0 fully saturated rings. The maximum atomic E-state index is 6.04. The maximum Gasteiger partial charge on any atom is 0.191 e. The lowest BCUT2D eigenvalue weighted by atomic mass is 9.85. The molecule has 0 aromatic heterocycles. The fraction of sp³-hybridized carbons (Fsp3) is 0.533. The molecule has 1 rings (SSSR count). The van der Waals surface area contributed by atoms with Crippen LogP contribution in [-0.4, -0.2) is 30.5 Å². The number of benzene rings is 1. The summed E-state index contributed by atoms with van der Waals surface area (Å²) < 4.78 is 0. The lowest BCUT2D eigenvalue weighted by Crippen LogP contribution is -2.38. The second-order valence-electron chi connectivity index (χ2n) is 5.24. The zero-order valence-corrected chi connectivity index (χ0v) is 15.8. The first-order chi connectivity index (χ1) is 8.90. The zero-order valence-electron chi connectivity index (χ0n) is 12.7. The Balaban J connectivity index is 0.00000361. The molecular weight excluding hydrogens is 385 g/mol. The van der Waals surface area contributed by atoms with Crippen LogP contribution < -0.4 is 5.73 Å². The molecule has 114 valence electrons. The monoisotopic (exact) mass is 409 g/mol. The van der Waals surface area contributed by atoms with Crippen LogP contribution in [-0.2, 0) is 5.41 Å². The standard InChI is InChI=1S/C15H24ClN3.HI/c1-5-19(6-2)14(17)18-11-15(3,4)12-8-7-9-13(16)10-12;/h7-10H,5-6,11H2,1-4H3,(H2,17,18);1H. The van der Waals surface area contributed by atoms with E-state index in [1.54, 1.807) is 0 Å². The van der Waals surface area contributed by atoms with Crippen molar-refractivity contribution in [3.63, 3.8) is 0 Å². The van der Waals surface area contributed by atoms with Crippen molar-refractivity contribution in [2.24, 2.45) is 10.7 Å². The number of hydrogen-bond donors (Lipinski definition) is 1. The van der Waals surface area contributed by atoms with E-state index in [4.69, 9.17) is 17.3 Å². The number of guanidine groups is 1. The van der Waals surface area contributed by atoms with Crippen LogP contribution in [0.1, 0.15) is 33.3 Å². The van der Waals surface area contributed by atoms with Gasteiger partial charge in [-0.15, -0.1) is 24.0 Å². The Morgan fingerprint density at radius 2 is 1.90 bits per heavy atom. The summed E-state index contributed by atoms with van der Waals surface area (Å²) in [5.41, 5.74) is 7.10. The van der Waals surface area contributed by atoms with Crippen LogP contribution in [0.4, 0.5) is 0 Å². The Kier molecular flexibility index (Phi) is 8.51. The van der Waals surface area contributed by atoms with Crippen LogP contribution in [0.25, 0.3) is 0 Å². The number of aliphatic imine (C=N–C) groups is 1. The van der Waals surface area contributed by atoms with Crippen molar-refractivity contribution < 1.29 is 0 Å². The zero-order chi connectivity index (χ0) is 14.5. The number of rotatable bonds is 5. The molecule has 5 heteroatoms. The Morgan fingerprint density at radius 3 is 2.40 bits per heavy atom. The van der Waals surface area contributed by atoms with Crippen LogP contribution >= 0.6 is 35.6 Å². The molecule has 0 aliphatic carbocycles. The highest BCUT2D eigenvalue weighted by molar-refractivity contribution is 14.0. The molecule has 0 radical (unpaired) electrons. The van der Waals surface area contributed by atoms with E-state index in [-0.39, 0.29) is 29.4 Å². The van der Waals surface area contributed by atoms with Crippen molar-refractivity contribution in [2.75, 3.05) is 19.6 Å². The Bertz CT molecular complexity index is 442. The van der Waals surface area contributed by atoms with Crippen molar-refractivity contribution in [3.05, 3.63) is 34.9 Å². The van der Waals surface area contributed by atoms with Crippen molar-refractivity contribution in [1.29, 1.82) is 0 Å². The molecule has 2 N–H and O–H groups in total. The van der Waals surface area contributed by atoms with Gasteiger partial charge in [0.1, 0.15) is 0 Å². The number of nitrogens with zero attached hydrogens (tertiary/aromatic N) is 2. The molecule has 0 heterocycles. The minimum atomic E-state index is -0.0807. The summed E-state index contributed by atoms with van der Waals surface area (Å²) in [5.74, 6) is 0.611. The van der Waals surface area contributed by atoms with Crippen LogP contribution in [0.3, 0.4) is 0 Å². The molecule has 0 unspecified atom stereocenters. The van der Waals surface area contributed by atoms with Gasteiger partial charge < -0.3 is 10.6 Å². The first kappa shape index (κ1) is 19.5. The van der Waals surface area contributed by atoms with E-state index in [1.165, 1.54) is 5.56 Å². The second-order valence-corrected chi connectivity index (χ2v) is 5.68. The highest BCUT2D eigenvalue weighted by atomic mass is 127. The summed E-state index contributed by atoms with van der Waals surface area (Å²) in [6.07, 6.45) is 0. The number of halogens is 2. The largest absolute Gasteiger partial charge is 0.370 e. The molecule has 1 aromatic rings. The normalized spacial score (nSPS) is 11.9. The Labute approximate surface area is 144 Å². The Hall–Kier alpha value is -0.490. The number of nitrogens with two attached hydrogens (primary N) is 1. The summed E-state index contributed by atoms with van der Waals surface area (Å²) in [7, 11) is 0. The molecule has 0 saturated carbocycles. The number of hydrogen-bond acceptors (Lipinski definition) is 1. The minimum absolute atomic E-state index is 0. The predicted molar refractivity (Wildman–Crippen MR) is 99.3 cm³/mol. The summed E-state index contributed by atoms with van der Waals surface area (Å²) in [6.45, 7) is 10.9. The molecular formula is C15H25ClIN3. The molecule has 1 aromatic carbocycles. The third-order valence-electron chi connectivity index (χ3n) is 3.33. The molecule has 0 bridgehead atoms. The predicted octanol–water partition coefficient (Wildman–Crippen LogP) is 3.89. The lowest BCUT2D eigenvalue weighted by Gasteiger charge is -2.25. The van der Waals surface area contributed by atoms with E-state index in [0.717, 1.165) is 18.1 Å². The highest BCUT2D eigenvalue weighted by Gasteiger charge is 2.20. The van der Waals surface area contributed by atoms with E-state index in [2.05, 4.69) is 38.8 Å². The molecule has 0 saturated heterocycles. The van der Waals surface area contributed by atoms with E-state index in [9.17, 15) is 0 Å². The molecule has 0 amide bonds. The van der Waals surface area contributed by atoms with Gasteiger partial charge in [0.25, 0.3) is 0 Å². The smallest absolute Gasteiger partial charge is 0.191 e. The SMILES string of the molecule is CCN(CC)C(N)=NCC(C)(C)c1cccc(Cl)c1.I. The molecule has 3 nitrogen and oxygen atoms in total. The first-order valence-corrected chi connectivity index (χ1v) is 7.09. The van der Waals surface area contributed by atoms with Gasteiger partial charge in [0.2, 0.25) is 0 Å². The van der Waals surface area contributed by atoms with Crippen LogP contribution in [0.15, 0.2) is 29.3 Å². The second kappa shape index (κ2) is 8.72. The highest BCUT2D eigenvalue weighted by Crippen LogP contribution is 2.25. The minimum Gasteiger partial charge on any atom is -0.370 e. The van der Waals surface area contributed by atoms with E-state index < -0.39 is 0 Å². The third kappa shape index (κ3) is 5.48. The van der Waals surface area contributed by atoms with Gasteiger partial charge in [-0.05, 0) is 31.5 Å². The molecule has 0 spiro atoms. The molecule has 0 aliphatic rings. The molecule has 20 heavy (non-hydrogen) atoms. The fourth-order valence-electron chi connectivity index (χ4n) is 1.93. The van der Waals surface area contributed by atoms with Gasteiger partial charge in [-0.1, -0.05) is 37.6 Å². The summed E-state index contributed by atoms with van der Waals surface area (Å²) in [4.78, 5) is 6.57. The van der Waals surface area contributed by atoms with Crippen molar-refractivity contribution >= 4 is 41.5 Å². The van der Waals surface area contributed by atoms with Crippen LogP contribution in [0.5, 0.6) is 0 Å². The van der Waals surface area contributed by atoms with Crippen molar-refractivity contribution in [2.45, 2.75) is 33.1 Å². The third-order valence-corrected chi connectivity index (χ3v) is 3.56. The first-order valence-electron chi connectivity index (χ1n) is 6.71. The average Bonchev–Trinajstić information content (AvgIpc) is 2.38. The van der Waals surface area contributed by atoms with Crippen LogP contribution in [0.2, 0.25) is 5.02 Å². The maximum absolute atomic E-state index is 6.04. The van der Waals surface area contributed by atoms with Gasteiger partial charge in [-0.2, -0.15) is 0 Å². The quantitative estimate of drug-likeness (QED) is 0.455. The topological polar surface area (TPSA) is 41.6 Å². The van der Waals surface area contributed by atoms with Crippen molar-refractivity contribution in [1.82, 2.24) is 4.90 Å². The van der Waals surface area contributed by atoms with Gasteiger partial charge in [0.15, 0.2) is 5.96 Å². The van der Waals surface area contributed by atoms with E-state index >= 15 is 0 Å². The summed E-state index contributed by atoms with van der Waals surface area (Å²) >= 11 is 6.04.